The van der Waals surface area contributed by atoms with Crippen LogP contribution in [0.5, 0.6) is 0 Å². The van der Waals surface area contributed by atoms with Gasteiger partial charge in [0.2, 0.25) is 11.8 Å². The Morgan fingerprint density at radius 3 is 2.62 bits per heavy atom. The van der Waals surface area contributed by atoms with E-state index in [0.717, 1.165) is 12.8 Å². The smallest absolute Gasteiger partial charge is 0.233 e. The summed E-state index contributed by atoms with van der Waals surface area (Å²) < 4.78 is 0. The van der Waals surface area contributed by atoms with Crippen LogP contribution >= 0.6 is 0 Å². The molecule has 0 aromatic heterocycles. The van der Waals surface area contributed by atoms with Crippen LogP contribution in [0.1, 0.15) is 19.8 Å². The molecule has 1 heterocycles. The standard InChI is InChI=1S/C10H13NO2/c1-6-3-4-7-8(5-6)10(13)11(2)9(7)12/h3,7-8H,4-5H2,1-2H3. The number of amides is 2. The van der Waals surface area contributed by atoms with Crippen LogP contribution in [0.15, 0.2) is 11.6 Å². The van der Waals surface area contributed by atoms with Gasteiger partial charge < -0.3 is 0 Å². The summed E-state index contributed by atoms with van der Waals surface area (Å²) in [6.45, 7) is 2.02. The van der Waals surface area contributed by atoms with Gasteiger partial charge in [0.05, 0.1) is 11.8 Å². The predicted octanol–water partition coefficient (Wildman–Crippen LogP) is 0.958. The molecule has 2 atom stereocenters. The van der Waals surface area contributed by atoms with E-state index in [1.807, 2.05) is 6.92 Å². The number of imide groups is 1. The first-order valence-corrected chi connectivity index (χ1v) is 4.58. The van der Waals surface area contributed by atoms with Gasteiger partial charge in [-0.25, -0.2) is 0 Å². The monoisotopic (exact) mass is 179 g/mol. The Morgan fingerprint density at radius 1 is 1.31 bits per heavy atom. The highest BCUT2D eigenvalue weighted by atomic mass is 16.2. The van der Waals surface area contributed by atoms with E-state index < -0.39 is 0 Å². The molecule has 1 aliphatic carbocycles. The van der Waals surface area contributed by atoms with E-state index in [1.165, 1.54) is 10.5 Å². The molecule has 0 spiro atoms. The Hall–Kier alpha value is -1.12. The van der Waals surface area contributed by atoms with Gasteiger partial charge in [-0.05, 0) is 19.8 Å². The van der Waals surface area contributed by atoms with Crippen molar-refractivity contribution in [2.24, 2.45) is 11.8 Å². The average molecular weight is 179 g/mol. The van der Waals surface area contributed by atoms with Gasteiger partial charge in [-0.1, -0.05) is 11.6 Å². The fourth-order valence-electron chi connectivity index (χ4n) is 2.20. The highest BCUT2D eigenvalue weighted by Gasteiger charge is 2.46. The molecule has 1 fully saturated rings. The highest BCUT2D eigenvalue weighted by molar-refractivity contribution is 6.05. The van der Waals surface area contributed by atoms with Crippen molar-refractivity contribution in [1.29, 1.82) is 0 Å². The van der Waals surface area contributed by atoms with Crippen LogP contribution < -0.4 is 0 Å². The molecule has 3 heteroatoms. The Morgan fingerprint density at radius 2 is 1.92 bits per heavy atom. The minimum absolute atomic E-state index is 0.00116. The molecule has 3 nitrogen and oxygen atoms in total. The Labute approximate surface area is 77.4 Å². The quantitative estimate of drug-likeness (QED) is 0.410. The van der Waals surface area contributed by atoms with Crippen molar-refractivity contribution < 1.29 is 9.59 Å². The maximum atomic E-state index is 11.6. The number of carbonyl (C=O) groups excluding carboxylic acids is 2. The lowest BCUT2D eigenvalue weighted by Gasteiger charge is -2.19. The summed E-state index contributed by atoms with van der Waals surface area (Å²) in [6.07, 6.45) is 3.58. The van der Waals surface area contributed by atoms with Gasteiger partial charge in [0, 0.05) is 7.05 Å². The molecular formula is C10H13NO2. The van der Waals surface area contributed by atoms with Crippen LogP contribution in [0.2, 0.25) is 0 Å². The van der Waals surface area contributed by atoms with Crippen molar-refractivity contribution in [2.45, 2.75) is 19.8 Å². The number of nitrogens with zero attached hydrogens (tertiary/aromatic N) is 1. The van der Waals surface area contributed by atoms with Crippen LogP contribution in [-0.2, 0) is 9.59 Å². The molecule has 0 radical (unpaired) electrons. The topological polar surface area (TPSA) is 37.4 Å². The van der Waals surface area contributed by atoms with Crippen LogP contribution in [-0.4, -0.2) is 23.8 Å². The first kappa shape index (κ1) is 8.48. The molecule has 0 saturated carbocycles. The third-order valence-electron chi connectivity index (χ3n) is 3.04. The van der Waals surface area contributed by atoms with Crippen LogP contribution in [0.4, 0.5) is 0 Å². The second-order valence-corrected chi connectivity index (χ2v) is 3.94. The van der Waals surface area contributed by atoms with Crippen molar-refractivity contribution >= 4 is 11.8 Å². The second-order valence-electron chi connectivity index (χ2n) is 3.94. The number of fused-ring (bicyclic) bond motifs is 1. The minimum atomic E-state index is -0.0683. The number of allylic oxidation sites excluding steroid dienone is 2. The van der Waals surface area contributed by atoms with E-state index in [1.54, 1.807) is 7.05 Å². The van der Waals surface area contributed by atoms with E-state index in [2.05, 4.69) is 6.08 Å². The summed E-state index contributed by atoms with van der Waals surface area (Å²) in [6, 6.07) is 0. The summed E-state index contributed by atoms with van der Waals surface area (Å²) >= 11 is 0. The van der Waals surface area contributed by atoms with Crippen LogP contribution in [0, 0.1) is 11.8 Å². The van der Waals surface area contributed by atoms with Gasteiger partial charge in [-0.3, -0.25) is 14.5 Å². The van der Waals surface area contributed by atoms with Crippen LogP contribution in [0.25, 0.3) is 0 Å². The summed E-state index contributed by atoms with van der Waals surface area (Å²) in [5.74, 6) is -0.134. The molecule has 70 valence electrons. The molecule has 2 amide bonds. The van der Waals surface area contributed by atoms with Gasteiger partial charge in [0.1, 0.15) is 0 Å². The summed E-state index contributed by atoms with van der Waals surface area (Å²) in [4.78, 5) is 24.4. The lowest BCUT2D eigenvalue weighted by Crippen LogP contribution is -2.26. The van der Waals surface area contributed by atoms with Crippen molar-refractivity contribution in [3.8, 4) is 0 Å². The maximum Gasteiger partial charge on any atom is 0.233 e. The van der Waals surface area contributed by atoms with Crippen molar-refractivity contribution in [2.75, 3.05) is 7.05 Å². The SMILES string of the molecule is CC1=CCC2C(=O)N(C)C(=O)C2C1. The van der Waals surface area contributed by atoms with E-state index in [0.29, 0.717) is 0 Å². The molecule has 13 heavy (non-hydrogen) atoms. The van der Waals surface area contributed by atoms with Gasteiger partial charge in [-0.2, -0.15) is 0 Å². The molecule has 1 saturated heterocycles. The number of rotatable bonds is 0. The Balaban J connectivity index is 2.30. The average Bonchev–Trinajstić information content (AvgIpc) is 2.32. The van der Waals surface area contributed by atoms with Gasteiger partial charge >= 0.3 is 0 Å². The van der Waals surface area contributed by atoms with Gasteiger partial charge in [0.25, 0.3) is 0 Å². The number of hydrogen-bond donors (Lipinski definition) is 0. The zero-order valence-electron chi connectivity index (χ0n) is 7.91. The number of hydrogen-bond acceptors (Lipinski definition) is 2. The third kappa shape index (κ3) is 1.10. The molecule has 2 unspecified atom stereocenters. The lowest BCUT2D eigenvalue weighted by atomic mass is 9.82. The second kappa shape index (κ2) is 2.69. The molecular weight excluding hydrogens is 166 g/mol. The lowest BCUT2D eigenvalue weighted by molar-refractivity contribution is -0.138. The highest BCUT2D eigenvalue weighted by Crippen LogP contribution is 2.36. The molecule has 2 aliphatic rings. The molecule has 1 aliphatic heterocycles. The maximum absolute atomic E-state index is 11.6. The largest absolute Gasteiger partial charge is 0.285 e. The predicted molar refractivity (Wildman–Crippen MR) is 47.7 cm³/mol. The Bertz CT molecular complexity index is 306. The van der Waals surface area contributed by atoms with Gasteiger partial charge in [-0.15, -0.1) is 0 Å². The first-order chi connectivity index (χ1) is 6.11. The summed E-state index contributed by atoms with van der Waals surface area (Å²) in [5, 5.41) is 0. The van der Waals surface area contributed by atoms with Crippen molar-refractivity contribution in [1.82, 2.24) is 4.90 Å². The van der Waals surface area contributed by atoms with E-state index in [4.69, 9.17) is 0 Å². The Kier molecular flexibility index (Phi) is 1.75. The summed E-state index contributed by atoms with van der Waals surface area (Å²) in [7, 11) is 1.58. The van der Waals surface area contributed by atoms with Gasteiger partial charge in [0.15, 0.2) is 0 Å². The van der Waals surface area contributed by atoms with Crippen LogP contribution in [0.3, 0.4) is 0 Å². The third-order valence-corrected chi connectivity index (χ3v) is 3.04. The zero-order valence-corrected chi connectivity index (χ0v) is 7.91. The fraction of sp³-hybridized carbons (Fsp3) is 0.600. The first-order valence-electron chi connectivity index (χ1n) is 4.58. The number of carbonyl (C=O) groups is 2. The molecule has 2 rings (SSSR count). The zero-order chi connectivity index (χ0) is 9.59. The molecule has 0 aromatic carbocycles. The van der Waals surface area contributed by atoms with E-state index in [-0.39, 0.29) is 23.7 Å². The molecule has 0 N–H and O–H groups in total. The fourth-order valence-corrected chi connectivity index (χ4v) is 2.20. The summed E-state index contributed by atoms with van der Waals surface area (Å²) in [5.41, 5.74) is 1.23. The molecule has 0 aromatic rings. The van der Waals surface area contributed by atoms with Crippen molar-refractivity contribution in [3.63, 3.8) is 0 Å². The normalized spacial score (nSPS) is 33.4. The number of likely N-dealkylation sites (tertiary alicyclic amines) is 1. The molecule has 0 bridgehead atoms. The van der Waals surface area contributed by atoms with E-state index in [9.17, 15) is 9.59 Å². The minimum Gasteiger partial charge on any atom is -0.285 e. The van der Waals surface area contributed by atoms with Crippen molar-refractivity contribution in [3.05, 3.63) is 11.6 Å². The van der Waals surface area contributed by atoms with E-state index >= 15 is 0 Å².